The zero-order chi connectivity index (χ0) is 17.2. The average Bonchev–Trinajstić information content (AvgIpc) is 3.29. The van der Waals surface area contributed by atoms with Gasteiger partial charge in [0.2, 0.25) is 0 Å². The van der Waals surface area contributed by atoms with E-state index in [2.05, 4.69) is 28.0 Å². The summed E-state index contributed by atoms with van der Waals surface area (Å²) in [5.41, 5.74) is 3.97. The number of hydrogen-bond donors (Lipinski definition) is 2. The Morgan fingerprint density at radius 2 is 2.12 bits per heavy atom. The van der Waals surface area contributed by atoms with Gasteiger partial charge in [-0.15, -0.1) is 0 Å². The molecule has 1 aromatic rings. The van der Waals surface area contributed by atoms with Gasteiger partial charge in [0, 0.05) is 6.04 Å². The van der Waals surface area contributed by atoms with E-state index in [0.29, 0.717) is 17.8 Å². The summed E-state index contributed by atoms with van der Waals surface area (Å²) in [6.07, 6.45) is 10.5. The Balaban J connectivity index is 1.26. The lowest BCUT2D eigenvalue weighted by Crippen LogP contribution is -2.45. The molecule has 0 radical (unpaired) electrons. The molecule has 0 amide bonds. The standard InChI is InChI=1S/C20H25N3OS/c1-2-24-15-8-6-13(7-9-15)12-21-23-20(25)22-19-11-14-10-18(19)17-5-3-4-16(14)17/h3,5-9,12,14,16-19H,2,4,10-11H2,1H3,(H2,22,23,25)/b21-12-/t14-,16-,17-,18-,19+/m1/s1. The van der Waals surface area contributed by atoms with Gasteiger partial charge in [0.1, 0.15) is 5.75 Å². The highest BCUT2D eigenvalue weighted by Gasteiger charge is 2.52. The monoisotopic (exact) mass is 355 g/mol. The second-order valence-electron chi connectivity index (χ2n) is 7.25. The summed E-state index contributed by atoms with van der Waals surface area (Å²) in [6.45, 7) is 2.65. The number of thiocarbonyl (C=S) groups is 1. The topological polar surface area (TPSA) is 45.6 Å². The number of ether oxygens (including phenoxy) is 1. The summed E-state index contributed by atoms with van der Waals surface area (Å²) in [5, 5.41) is 8.37. The van der Waals surface area contributed by atoms with Crippen molar-refractivity contribution in [1.82, 2.24) is 10.7 Å². The van der Waals surface area contributed by atoms with Crippen molar-refractivity contribution < 1.29 is 4.74 Å². The van der Waals surface area contributed by atoms with Gasteiger partial charge in [-0.2, -0.15) is 5.10 Å². The maximum absolute atomic E-state index is 5.44. The molecule has 2 fully saturated rings. The summed E-state index contributed by atoms with van der Waals surface area (Å²) in [6, 6.07) is 8.35. The molecule has 1 aromatic carbocycles. The van der Waals surface area contributed by atoms with E-state index in [0.717, 1.165) is 35.0 Å². The highest BCUT2D eigenvalue weighted by Crippen LogP contribution is 2.56. The molecule has 5 atom stereocenters. The molecule has 3 aliphatic carbocycles. The molecular formula is C20H25N3OS. The van der Waals surface area contributed by atoms with E-state index in [9.17, 15) is 0 Å². The van der Waals surface area contributed by atoms with E-state index in [1.54, 1.807) is 6.21 Å². The molecule has 4 rings (SSSR count). The van der Waals surface area contributed by atoms with Crippen LogP contribution < -0.4 is 15.5 Å². The van der Waals surface area contributed by atoms with Crippen LogP contribution in [0.25, 0.3) is 0 Å². The van der Waals surface area contributed by atoms with Gasteiger partial charge in [0.25, 0.3) is 0 Å². The maximum atomic E-state index is 5.44. The predicted molar refractivity (Wildman–Crippen MR) is 105 cm³/mol. The summed E-state index contributed by atoms with van der Waals surface area (Å²) in [5.74, 6) is 4.16. The van der Waals surface area contributed by atoms with Gasteiger partial charge in [-0.05, 0) is 91.9 Å². The third kappa shape index (κ3) is 3.43. The maximum Gasteiger partial charge on any atom is 0.187 e. The van der Waals surface area contributed by atoms with Crippen molar-refractivity contribution in [3.8, 4) is 5.75 Å². The van der Waals surface area contributed by atoms with E-state index in [4.69, 9.17) is 17.0 Å². The Labute approximate surface area is 154 Å². The summed E-state index contributed by atoms with van der Waals surface area (Å²) < 4.78 is 5.44. The summed E-state index contributed by atoms with van der Waals surface area (Å²) in [7, 11) is 0. The van der Waals surface area contributed by atoms with Gasteiger partial charge in [-0.3, -0.25) is 5.43 Å². The highest BCUT2D eigenvalue weighted by molar-refractivity contribution is 7.80. The Kier molecular flexibility index (Phi) is 4.75. The molecule has 2 saturated carbocycles. The van der Waals surface area contributed by atoms with Gasteiger partial charge in [0.15, 0.2) is 5.11 Å². The zero-order valence-corrected chi connectivity index (χ0v) is 15.3. The smallest absolute Gasteiger partial charge is 0.187 e. The van der Waals surface area contributed by atoms with Crippen molar-refractivity contribution in [1.29, 1.82) is 0 Å². The van der Waals surface area contributed by atoms with E-state index < -0.39 is 0 Å². The van der Waals surface area contributed by atoms with Crippen molar-refractivity contribution in [2.45, 2.75) is 32.2 Å². The van der Waals surface area contributed by atoms with E-state index in [-0.39, 0.29) is 0 Å². The first-order valence-corrected chi connectivity index (χ1v) is 9.64. The van der Waals surface area contributed by atoms with Gasteiger partial charge in [-0.25, -0.2) is 0 Å². The molecule has 5 heteroatoms. The SMILES string of the molecule is CCOc1ccc(/C=N\NC(=S)N[C@H]2C[C@H]3C[C@@H]2[C@@H]2C=CC[C@H]32)cc1. The molecule has 0 heterocycles. The van der Waals surface area contributed by atoms with Gasteiger partial charge in [-0.1, -0.05) is 12.2 Å². The Bertz CT molecular complexity index is 685. The fraction of sp³-hybridized carbons (Fsp3) is 0.500. The quantitative estimate of drug-likeness (QED) is 0.367. The zero-order valence-electron chi connectivity index (χ0n) is 14.5. The number of nitrogens with one attached hydrogen (secondary N) is 2. The van der Waals surface area contributed by atoms with Gasteiger partial charge < -0.3 is 10.1 Å². The number of benzene rings is 1. The molecule has 4 nitrogen and oxygen atoms in total. The summed E-state index contributed by atoms with van der Waals surface area (Å²) in [4.78, 5) is 0. The lowest BCUT2D eigenvalue weighted by molar-refractivity contribution is 0.246. The Morgan fingerprint density at radius 3 is 2.92 bits per heavy atom. The van der Waals surface area contributed by atoms with E-state index in [1.165, 1.54) is 19.3 Å². The van der Waals surface area contributed by atoms with E-state index >= 15 is 0 Å². The minimum absolute atomic E-state index is 0.495. The van der Waals surface area contributed by atoms with Crippen molar-refractivity contribution in [3.05, 3.63) is 42.0 Å². The molecule has 0 aromatic heterocycles. The van der Waals surface area contributed by atoms with Crippen LogP contribution in [-0.4, -0.2) is 24.0 Å². The van der Waals surface area contributed by atoms with Crippen molar-refractivity contribution in [2.75, 3.05) is 6.61 Å². The van der Waals surface area contributed by atoms with Gasteiger partial charge in [0.05, 0.1) is 12.8 Å². The molecule has 132 valence electrons. The van der Waals surface area contributed by atoms with Crippen molar-refractivity contribution in [3.63, 3.8) is 0 Å². The normalized spacial score (nSPS) is 32.1. The minimum Gasteiger partial charge on any atom is -0.494 e. The van der Waals surface area contributed by atoms with Crippen LogP contribution in [0.2, 0.25) is 0 Å². The molecular weight excluding hydrogens is 330 g/mol. The second-order valence-corrected chi connectivity index (χ2v) is 7.66. The molecule has 0 aliphatic heterocycles. The molecule has 25 heavy (non-hydrogen) atoms. The molecule has 2 N–H and O–H groups in total. The first-order chi connectivity index (χ1) is 12.2. The first kappa shape index (κ1) is 16.6. The van der Waals surface area contributed by atoms with Crippen LogP contribution in [-0.2, 0) is 0 Å². The number of allylic oxidation sites excluding steroid dienone is 2. The van der Waals surface area contributed by atoms with Crippen LogP contribution in [0.3, 0.4) is 0 Å². The average molecular weight is 356 g/mol. The molecule has 3 aliphatic rings. The van der Waals surface area contributed by atoms with Crippen LogP contribution in [0.1, 0.15) is 31.7 Å². The molecule has 0 unspecified atom stereocenters. The van der Waals surface area contributed by atoms with E-state index in [1.807, 2.05) is 31.2 Å². The number of fused-ring (bicyclic) bond motifs is 5. The van der Waals surface area contributed by atoms with Crippen molar-refractivity contribution >= 4 is 23.5 Å². The fourth-order valence-electron chi connectivity index (χ4n) is 4.89. The number of hydrogen-bond acceptors (Lipinski definition) is 3. The lowest BCUT2D eigenvalue weighted by atomic mass is 9.79. The Morgan fingerprint density at radius 1 is 1.28 bits per heavy atom. The van der Waals surface area contributed by atoms with Gasteiger partial charge >= 0.3 is 0 Å². The van der Waals surface area contributed by atoms with Crippen LogP contribution in [0, 0.1) is 23.7 Å². The molecule has 0 saturated heterocycles. The lowest BCUT2D eigenvalue weighted by Gasteiger charge is -2.32. The first-order valence-electron chi connectivity index (χ1n) is 9.23. The molecule has 0 spiro atoms. The van der Waals surface area contributed by atoms with Crippen LogP contribution >= 0.6 is 12.2 Å². The van der Waals surface area contributed by atoms with Crippen LogP contribution in [0.5, 0.6) is 5.75 Å². The van der Waals surface area contributed by atoms with Crippen LogP contribution in [0.4, 0.5) is 0 Å². The fourth-order valence-corrected chi connectivity index (χ4v) is 5.10. The minimum atomic E-state index is 0.495. The Hall–Kier alpha value is -1.88. The largest absolute Gasteiger partial charge is 0.494 e. The van der Waals surface area contributed by atoms with Crippen LogP contribution in [0.15, 0.2) is 41.5 Å². The number of nitrogens with zero attached hydrogens (tertiary/aromatic N) is 1. The second kappa shape index (κ2) is 7.16. The number of hydrazone groups is 1. The highest BCUT2D eigenvalue weighted by atomic mass is 32.1. The third-order valence-corrected chi connectivity index (χ3v) is 6.11. The third-order valence-electron chi connectivity index (χ3n) is 5.90. The molecule has 2 bridgehead atoms. The van der Waals surface area contributed by atoms with Crippen molar-refractivity contribution in [2.24, 2.45) is 28.8 Å². The predicted octanol–water partition coefficient (Wildman–Crippen LogP) is 3.48. The number of rotatable bonds is 5. The summed E-state index contributed by atoms with van der Waals surface area (Å²) >= 11 is 5.42.